The summed E-state index contributed by atoms with van der Waals surface area (Å²) in [5.74, 6) is 0. The largest absolute Gasteiger partial charge is 0.393 e. The van der Waals surface area contributed by atoms with Crippen LogP contribution in [0.4, 0.5) is 0 Å². The molecule has 3 nitrogen and oxygen atoms in total. The average Bonchev–Trinajstić information content (AvgIpc) is 2.15. The van der Waals surface area contributed by atoms with Crippen molar-refractivity contribution < 1.29 is 9.84 Å². The normalized spacial score (nSPS) is 27.5. The highest BCUT2D eigenvalue weighted by molar-refractivity contribution is 4.70. The van der Waals surface area contributed by atoms with Crippen LogP contribution in [0.3, 0.4) is 0 Å². The van der Waals surface area contributed by atoms with E-state index >= 15 is 0 Å². The summed E-state index contributed by atoms with van der Waals surface area (Å²) in [4.78, 5) is 2.38. The van der Waals surface area contributed by atoms with Crippen molar-refractivity contribution in [3.05, 3.63) is 0 Å². The van der Waals surface area contributed by atoms with Gasteiger partial charge in [-0.1, -0.05) is 6.92 Å². The van der Waals surface area contributed by atoms with Gasteiger partial charge in [0.1, 0.15) is 0 Å². The van der Waals surface area contributed by atoms with Crippen molar-refractivity contribution in [2.45, 2.75) is 38.9 Å². The van der Waals surface area contributed by atoms with E-state index in [-0.39, 0.29) is 6.10 Å². The number of aliphatic hydroxyl groups is 1. The van der Waals surface area contributed by atoms with Crippen LogP contribution in [0.15, 0.2) is 0 Å². The topological polar surface area (TPSA) is 32.7 Å². The van der Waals surface area contributed by atoms with E-state index in [1.165, 1.54) is 0 Å². The van der Waals surface area contributed by atoms with Gasteiger partial charge in [0.2, 0.25) is 0 Å². The third-order valence-electron chi connectivity index (χ3n) is 2.54. The smallest absolute Gasteiger partial charge is 0.0700 e. The summed E-state index contributed by atoms with van der Waals surface area (Å²) in [6.07, 6.45) is 2.19. The van der Waals surface area contributed by atoms with E-state index < -0.39 is 0 Å². The number of hydrogen-bond donors (Lipinski definition) is 1. The lowest BCUT2D eigenvalue weighted by atomic mass is 10.2. The monoisotopic (exact) mass is 187 g/mol. The van der Waals surface area contributed by atoms with Gasteiger partial charge in [-0.25, -0.2) is 0 Å². The van der Waals surface area contributed by atoms with Crippen molar-refractivity contribution in [2.24, 2.45) is 0 Å². The van der Waals surface area contributed by atoms with Gasteiger partial charge in [0.15, 0.2) is 0 Å². The molecule has 1 heterocycles. The minimum atomic E-state index is -0.178. The number of rotatable bonds is 4. The Kier molecular flexibility index (Phi) is 4.70. The quantitative estimate of drug-likeness (QED) is 0.709. The molecule has 0 amide bonds. The summed E-state index contributed by atoms with van der Waals surface area (Å²) < 4.78 is 5.56. The Morgan fingerprint density at radius 1 is 1.62 bits per heavy atom. The molecule has 78 valence electrons. The highest BCUT2D eigenvalue weighted by atomic mass is 16.5. The fraction of sp³-hybridized carbons (Fsp3) is 1.00. The van der Waals surface area contributed by atoms with E-state index in [9.17, 15) is 0 Å². The lowest BCUT2D eigenvalue weighted by Crippen LogP contribution is -2.43. The summed E-state index contributed by atoms with van der Waals surface area (Å²) in [7, 11) is 0. The van der Waals surface area contributed by atoms with Gasteiger partial charge < -0.3 is 9.84 Å². The highest BCUT2D eigenvalue weighted by Gasteiger charge is 2.18. The molecule has 1 N–H and O–H groups in total. The average molecular weight is 187 g/mol. The van der Waals surface area contributed by atoms with Crippen molar-refractivity contribution in [1.29, 1.82) is 0 Å². The second-order valence-electron chi connectivity index (χ2n) is 3.84. The van der Waals surface area contributed by atoms with Crippen LogP contribution in [-0.4, -0.2) is 48.5 Å². The first kappa shape index (κ1) is 11.0. The molecule has 3 heteroatoms. The number of aliphatic hydroxyl groups excluding tert-OH is 1. The predicted octanol–water partition coefficient (Wildman–Crippen LogP) is 0.868. The number of hydrogen-bond acceptors (Lipinski definition) is 3. The van der Waals surface area contributed by atoms with Gasteiger partial charge in [-0.3, -0.25) is 4.90 Å². The Morgan fingerprint density at radius 3 is 3.00 bits per heavy atom. The maximum absolute atomic E-state index is 9.15. The van der Waals surface area contributed by atoms with Crippen molar-refractivity contribution in [3.63, 3.8) is 0 Å². The predicted molar refractivity (Wildman–Crippen MR) is 52.8 cm³/mol. The molecule has 0 radical (unpaired) electrons. The minimum absolute atomic E-state index is 0.178. The number of nitrogens with zero attached hydrogens (tertiary/aromatic N) is 1. The highest BCUT2D eigenvalue weighted by Crippen LogP contribution is 2.08. The van der Waals surface area contributed by atoms with Crippen LogP contribution in [-0.2, 0) is 4.74 Å². The molecule has 2 unspecified atom stereocenters. The summed E-state index contributed by atoms with van der Waals surface area (Å²) in [5.41, 5.74) is 0. The lowest BCUT2D eigenvalue weighted by molar-refractivity contribution is -0.0325. The van der Waals surface area contributed by atoms with E-state index in [4.69, 9.17) is 9.84 Å². The van der Waals surface area contributed by atoms with E-state index in [1.54, 1.807) is 0 Å². The zero-order valence-electron chi connectivity index (χ0n) is 8.70. The van der Waals surface area contributed by atoms with Gasteiger partial charge in [-0.15, -0.1) is 0 Å². The Bertz CT molecular complexity index is 139. The van der Waals surface area contributed by atoms with Crippen molar-refractivity contribution in [2.75, 3.05) is 26.2 Å². The lowest BCUT2D eigenvalue weighted by Gasteiger charge is -2.32. The maximum Gasteiger partial charge on any atom is 0.0700 e. The van der Waals surface area contributed by atoms with E-state index in [1.807, 2.05) is 6.92 Å². The fourth-order valence-electron chi connectivity index (χ4n) is 1.60. The molecule has 2 atom stereocenters. The third-order valence-corrected chi connectivity index (χ3v) is 2.54. The molecule has 0 aliphatic carbocycles. The van der Waals surface area contributed by atoms with Gasteiger partial charge in [0.05, 0.1) is 18.8 Å². The number of ether oxygens (including phenoxy) is 1. The molecule has 0 spiro atoms. The van der Waals surface area contributed by atoms with Gasteiger partial charge in [0, 0.05) is 19.6 Å². The van der Waals surface area contributed by atoms with Gasteiger partial charge >= 0.3 is 0 Å². The molecular weight excluding hydrogens is 166 g/mol. The molecule has 1 saturated heterocycles. The van der Waals surface area contributed by atoms with Crippen molar-refractivity contribution >= 4 is 0 Å². The molecule has 0 aromatic carbocycles. The molecule has 1 aliphatic heterocycles. The van der Waals surface area contributed by atoms with E-state index in [0.717, 1.165) is 39.1 Å². The molecule has 0 saturated carbocycles. The summed E-state index contributed by atoms with van der Waals surface area (Å²) >= 11 is 0. The molecule has 1 aliphatic rings. The van der Waals surface area contributed by atoms with E-state index in [0.29, 0.717) is 6.10 Å². The van der Waals surface area contributed by atoms with E-state index in [2.05, 4.69) is 11.8 Å². The van der Waals surface area contributed by atoms with Gasteiger partial charge in [-0.05, 0) is 19.8 Å². The second-order valence-corrected chi connectivity index (χ2v) is 3.84. The molecule has 0 aromatic heterocycles. The van der Waals surface area contributed by atoms with Crippen LogP contribution in [0, 0.1) is 0 Å². The first-order chi connectivity index (χ1) is 6.22. The molecule has 0 bridgehead atoms. The minimum Gasteiger partial charge on any atom is -0.393 e. The molecular formula is C10H21NO2. The zero-order chi connectivity index (χ0) is 9.68. The summed E-state index contributed by atoms with van der Waals surface area (Å²) in [6.45, 7) is 7.89. The maximum atomic E-state index is 9.15. The van der Waals surface area contributed by atoms with Crippen LogP contribution in [0.25, 0.3) is 0 Å². The fourth-order valence-corrected chi connectivity index (χ4v) is 1.60. The summed E-state index contributed by atoms with van der Waals surface area (Å²) in [5, 5.41) is 9.15. The summed E-state index contributed by atoms with van der Waals surface area (Å²) in [6, 6.07) is 0. The molecule has 1 fully saturated rings. The SMILES string of the molecule is CCC1CN(CCC(C)O)CCO1. The Balaban J connectivity index is 2.18. The zero-order valence-corrected chi connectivity index (χ0v) is 8.70. The van der Waals surface area contributed by atoms with Crippen LogP contribution < -0.4 is 0 Å². The molecule has 13 heavy (non-hydrogen) atoms. The van der Waals surface area contributed by atoms with Crippen LogP contribution in [0.1, 0.15) is 26.7 Å². The third kappa shape index (κ3) is 4.07. The number of morpholine rings is 1. The van der Waals surface area contributed by atoms with Crippen molar-refractivity contribution in [3.8, 4) is 0 Å². The van der Waals surface area contributed by atoms with Gasteiger partial charge in [0.25, 0.3) is 0 Å². The van der Waals surface area contributed by atoms with Crippen LogP contribution in [0.5, 0.6) is 0 Å². The standard InChI is InChI=1S/C10H21NO2/c1-3-10-8-11(6-7-13-10)5-4-9(2)12/h9-10,12H,3-8H2,1-2H3. The van der Waals surface area contributed by atoms with Gasteiger partial charge in [-0.2, -0.15) is 0 Å². The first-order valence-corrected chi connectivity index (χ1v) is 5.24. The Labute approximate surface area is 80.7 Å². The second kappa shape index (κ2) is 5.58. The first-order valence-electron chi connectivity index (χ1n) is 5.24. The Morgan fingerprint density at radius 2 is 2.38 bits per heavy atom. The van der Waals surface area contributed by atoms with Crippen LogP contribution in [0.2, 0.25) is 0 Å². The Hall–Kier alpha value is -0.120. The molecule has 1 rings (SSSR count). The van der Waals surface area contributed by atoms with Crippen molar-refractivity contribution in [1.82, 2.24) is 4.90 Å². The molecule has 0 aromatic rings. The van der Waals surface area contributed by atoms with Crippen LogP contribution >= 0.6 is 0 Å².